The van der Waals surface area contributed by atoms with Gasteiger partial charge in [-0.15, -0.1) is 0 Å². The summed E-state index contributed by atoms with van der Waals surface area (Å²) in [6.07, 6.45) is 15.1. The summed E-state index contributed by atoms with van der Waals surface area (Å²) in [5.74, 6) is 3.14. The summed E-state index contributed by atoms with van der Waals surface area (Å²) in [7, 11) is 0. The fourth-order valence-corrected chi connectivity index (χ4v) is 9.33. The van der Waals surface area contributed by atoms with Gasteiger partial charge in [-0.05, 0) is 91.3 Å². The highest BCUT2D eigenvalue weighted by molar-refractivity contribution is 5.85. The monoisotopic (exact) mass is 544 g/mol. The van der Waals surface area contributed by atoms with Gasteiger partial charge in [0.1, 0.15) is 19.2 Å². The number of amides is 2. The maximum Gasteiger partial charge on any atom is 0.407 e. The van der Waals surface area contributed by atoms with Crippen molar-refractivity contribution < 1.29 is 24.2 Å². The molecule has 0 saturated heterocycles. The number of fused-ring (bicyclic) bond motifs is 5. The average Bonchev–Trinajstić information content (AvgIpc) is 3.23. The molecular weight excluding hydrogens is 492 g/mol. The Morgan fingerprint density at radius 2 is 1.77 bits per heavy atom. The van der Waals surface area contributed by atoms with Gasteiger partial charge in [0.25, 0.3) is 0 Å². The molecule has 3 saturated carbocycles. The molecule has 0 aliphatic heterocycles. The van der Waals surface area contributed by atoms with Gasteiger partial charge in [0.15, 0.2) is 0 Å². The van der Waals surface area contributed by atoms with E-state index < -0.39 is 24.5 Å². The molecule has 3 N–H and O–H groups in total. The van der Waals surface area contributed by atoms with E-state index in [-0.39, 0.29) is 18.1 Å². The quantitative estimate of drug-likeness (QED) is 0.279. The Morgan fingerprint density at radius 3 is 2.49 bits per heavy atom. The molecule has 2 amide bonds. The molecule has 0 aromatic rings. The standard InChI is InChI=1S/C32H52N2O5/c1-20(2)7-6-8-21(3)25-11-12-26-24-10-9-22-17-23(39-30(38)34-18-28(35)33-19-29(36)37)13-15-31(22,4)27(24)14-16-32(25,26)5/h9,20-21,23-27H,6-8,10-19H2,1-5H3,(H,33,35)(H,34,38)(H,36,37)/t21-,23?,24?,25-,26?,27?,31+,32-/m1/s1. The van der Waals surface area contributed by atoms with Crippen molar-refractivity contribution in [3.63, 3.8) is 0 Å². The Bertz CT molecular complexity index is 947. The highest BCUT2D eigenvalue weighted by Gasteiger charge is 2.59. The van der Waals surface area contributed by atoms with E-state index in [1.807, 2.05) is 0 Å². The molecule has 39 heavy (non-hydrogen) atoms. The van der Waals surface area contributed by atoms with Crippen molar-refractivity contribution in [3.8, 4) is 0 Å². The molecule has 0 aromatic carbocycles. The van der Waals surface area contributed by atoms with Crippen molar-refractivity contribution in [2.24, 2.45) is 46.3 Å². The molecule has 0 bridgehead atoms. The first-order valence-electron chi connectivity index (χ1n) is 15.6. The lowest BCUT2D eigenvalue weighted by molar-refractivity contribution is -0.137. The second-order valence-electron chi connectivity index (χ2n) is 14.1. The molecular formula is C32H52N2O5. The topological polar surface area (TPSA) is 105 Å². The van der Waals surface area contributed by atoms with E-state index in [1.165, 1.54) is 50.5 Å². The van der Waals surface area contributed by atoms with Crippen LogP contribution in [0.3, 0.4) is 0 Å². The maximum atomic E-state index is 12.3. The fourth-order valence-electron chi connectivity index (χ4n) is 9.33. The van der Waals surface area contributed by atoms with Gasteiger partial charge in [-0.2, -0.15) is 0 Å². The summed E-state index contributed by atoms with van der Waals surface area (Å²) >= 11 is 0. The summed E-state index contributed by atoms with van der Waals surface area (Å²) in [5, 5.41) is 13.3. The van der Waals surface area contributed by atoms with Crippen LogP contribution in [0.25, 0.3) is 0 Å². The molecule has 4 aliphatic carbocycles. The van der Waals surface area contributed by atoms with Crippen LogP contribution < -0.4 is 10.6 Å². The van der Waals surface area contributed by atoms with E-state index >= 15 is 0 Å². The summed E-state index contributed by atoms with van der Waals surface area (Å²) in [6.45, 7) is 11.6. The highest BCUT2D eigenvalue weighted by atomic mass is 16.6. The first-order chi connectivity index (χ1) is 18.4. The lowest BCUT2D eigenvalue weighted by Gasteiger charge is -2.58. The molecule has 7 heteroatoms. The molecule has 0 radical (unpaired) electrons. The summed E-state index contributed by atoms with van der Waals surface area (Å²) in [5.41, 5.74) is 2.14. The highest BCUT2D eigenvalue weighted by Crippen LogP contribution is 2.67. The van der Waals surface area contributed by atoms with Crippen LogP contribution in [0.2, 0.25) is 0 Å². The predicted molar refractivity (Wildman–Crippen MR) is 152 cm³/mol. The van der Waals surface area contributed by atoms with E-state index in [0.717, 1.165) is 61.2 Å². The second-order valence-corrected chi connectivity index (χ2v) is 14.1. The van der Waals surface area contributed by atoms with Gasteiger partial charge >= 0.3 is 12.1 Å². The smallest absolute Gasteiger partial charge is 0.407 e. The van der Waals surface area contributed by atoms with Gasteiger partial charge in [0, 0.05) is 6.42 Å². The minimum absolute atomic E-state index is 0.181. The van der Waals surface area contributed by atoms with Crippen molar-refractivity contribution in [1.29, 1.82) is 0 Å². The predicted octanol–water partition coefficient (Wildman–Crippen LogP) is 6.32. The number of hydrogen-bond acceptors (Lipinski definition) is 4. The van der Waals surface area contributed by atoms with Crippen LogP contribution in [0.15, 0.2) is 11.6 Å². The van der Waals surface area contributed by atoms with Gasteiger partial charge < -0.3 is 20.5 Å². The van der Waals surface area contributed by atoms with Gasteiger partial charge in [0.2, 0.25) is 5.91 Å². The molecule has 4 rings (SSSR count). The van der Waals surface area contributed by atoms with Crippen LogP contribution in [0.1, 0.15) is 105 Å². The van der Waals surface area contributed by atoms with Crippen LogP contribution in [0, 0.1) is 46.3 Å². The minimum atomic E-state index is -1.12. The molecule has 0 spiro atoms. The number of aliphatic carboxylic acids is 1. The van der Waals surface area contributed by atoms with Crippen LogP contribution in [0.5, 0.6) is 0 Å². The zero-order valence-electron chi connectivity index (χ0n) is 24.9. The Hall–Kier alpha value is -2.05. The van der Waals surface area contributed by atoms with Crippen molar-refractivity contribution >= 4 is 18.0 Å². The molecule has 220 valence electrons. The summed E-state index contributed by atoms with van der Waals surface area (Å²) in [4.78, 5) is 34.6. The largest absolute Gasteiger partial charge is 0.480 e. The first kappa shape index (κ1) is 29.9. The zero-order chi connectivity index (χ0) is 28.4. The van der Waals surface area contributed by atoms with Crippen molar-refractivity contribution in [2.45, 2.75) is 111 Å². The molecule has 0 heterocycles. The Morgan fingerprint density at radius 1 is 1.00 bits per heavy atom. The van der Waals surface area contributed by atoms with Gasteiger partial charge in [0.05, 0.1) is 0 Å². The van der Waals surface area contributed by atoms with Gasteiger partial charge in [-0.1, -0.05) is 65.5 Å². The molecule has 8 atom stereocenters. The third kappa shape index (κ3) is 6.48. The Balaban J connectivity index is 1.33. The number of allylic oxidation sites excluding steroid dienone is 1. The van der Waals surface area contributed by atoms with E-state index in [1.54, 1.807) is 0 Å². The van der Waals surface area contributed by atoms with Crippen molar-refractivity contribution in [3.05, 3.63) is 11.6 Å². The first-order valence-corrected chi connectivity index (χ1v) is 15.6. The number of ether oxygens (including phenoxy) is 1. The Labute approximate surface area is 235 Å². The number of hydrogen-bond donors (Lipinski definition) is 3. The van der Waals surface area contributed by atoms with Crippen molar-refractivity contribution in [1.82, 2.24) is 10.6 Å². The van der Waals surface area contributed by atoms with E-state index in [0.29, 0.717) is 5.41 Å². The maximum absolute atomic E-state index is 12.3. The summed E-state index contributed by atoms with van der Waals surface area (Å²) < 4.78 is 5.68. The number of rotatable bonds is 10. The molecule has 7 nitrogen and oxygen atoms in total. The van der Waals surface area contributed by atoms with Gasteiger partial charge in [-0.25, -0.2) is 4.79 Å². The number of alkyl carbamates (subject to hydrolysis) is 1. The number of carboxylic acids is 1. The van der Waals surface area contributed by atoms with Crippen LogP contribution >= 0.6 is 0 Å². The van der Waals surface area contributed by atoms with E-state index in [2.05, 4.69) is 51.3 Å². The Kier molecular flexibility index (Phi) is 9.37. The van der Waals surface area contributed by atoms with Crippen molar-refractivity contribution in [2.75, 3.05) is 13.1 Å². The average molecular weight is 545 g/mol. The van der Waals surface area contributed by atoms with Crippen LogP contribution in [-0.2, 0) is 14.3 Å². The molecule has 3 fully saturated rings. The third-order valence-corrected chi connectivity index (χ3v) is 11.4. The van der Waals surface area contributed by atoms with Gasteiger partial charge in [-0.3, -0.25) is 9.59 Å². The number of carboxylic acid groups (broad SMARTS) is 1. The fraction of sp³-hybridized carbons (Fsp3) is 0.844. The van der Waals surface area contributed by atoms with Crippen LogP contribution in [0.4, 0.5) is 4.79 Å². The number of carbonyl (C=O) groups is 3. The van der Waals surface area contributed by atoms with Crippen LogP contribution in [-0.4, -0.2) is 42.3 Å². The zero-order valence-corrected chi connectivity index (χ0v) is 24.9. The summed E-state index contributed by atoms with van der Waals surface area (Å²) in [6, 6.07) is 0. The lowest BCUT2D eigenvalue weighted by atomic mass is 9.47. The number of carbonyl (C=O) groups excluding carboxylic acids is 2. The lowest BCUT2D eigenvalue weighted by Crippen LogP contribution is -2.51. The molecule has 4 unspecified atom stereocenters. The normalized spacial score (nSPS) is 36.2. The number of nitrogens with one attached hydrogen (secondary N) is 2. The van der Waals surface area contributed by atoms with E-state index in [4.69, 9.17) is 9.84 Å². The second kappa shape index (κ2) is 12.2. The third-order valence-electron chi connectivity index (χ3n) is 11.4. The van der Waals surface area contributed by atoms with E-state index in [9.17, 15) is 14.4 Å². The molecule has 0 aromatic heterocycles. The SMILES string of the molecule is CC(C)CCC[C@@H](C)[C@H]1CCC2C3CC=C4CC(OC(=O)NCC(=O)NCC(=O)O)CC[C@]4(C)C3CC[C@@]21C. The minimum Gasteiger partial charge on any atom is -0.480 e. The molecule has 4 aliphatic rings.